The summed E-state index contributed by atoms with van der Waals surface area (Å²) in [5, 5.41) is 16.0. The van der Waals surface area contributed by atoms with Gasteiger partial charge in [0, 0.05) is 0 Å². The van der Waals surface area contributed by atoms with E-state index in [9.17, 15) is 0 Å². The largest absolute Gasteiger partial charge is 0.394 e. The maximum Gasteiger partial charge on any atom is 0.0742 e. The van der Waals surface area contributed by atoms with Crippen LogP contribution in [0.25, 0.3) is 0 Å². The average molecular weight is 79.1 g/mol. The second kappa shape index (κ2) is 2.18. The van der Waals surface area contributed by atoms with Gasteiger partial charge in [0.1, 0.15) is 0 Å². The monoisotopic (exact) mass is 79.1 g/mol. The molecule has 0 rings (SSSR count). The molecule has 1 atom stereocenters. The van der Waals surface area contributed by atoms with E-state index in [1.54, 1.807) is 0 Å². The summed E-state index contributed by atoms with van der Waals surface area (Å²) in [7, 11) is 0. The van der Waals surface area contributed by atoms with Crippen LogP contribution in [0.4, 0.5) is 0 Å². The fourth-order valence-electron chi connectivity index (χ4n) is 0. The summed E-state index contributed by atoms with van der Waals surface area (Å²) in [6.45, 7) is 1.39. The molecule has 0 saturated carbocycles. The normalized spacial score (nSPS) is 15.0. The Morgan fingerprint density at radius 3 is 2.00 bits per heavy atom. The van der Waals surface area contributed by atoms with Gasteiger partial charge < -0.3 is 10.2 Å². The fourth-order valence-corrected chi connectivity index (χ4v) is 0. The van der Waals surface area contributed by atoms with E-state index in [-0.39, 0.29) is 6.61 Å². The van der Waals surface area contributed by atoms with Crippen molar-refractivity contribution in [2.45, 2.75) is 13.0 Å². The molecule has 2 N–H and O–H groups in total. The lowest BCUT2D eigenvalue weighted by Gasteiger charge is -1.90. The van der Waals surface area contributed by atoms with Crippen LogP contribution in [0, 0.1) is 0 Å². The van der Waals surface area contributed by atoms with E-state index in [0.717, 1.165) is 0 Å². The topological polar surface area (TPSA) is 40.5 Å². The first-order valence-electron chi connectivity index (χ1n) is 1.56. The standard InChI is InChI=1S/C3H8O2/c1-3(5)2-4/h3-5H,2H2,1H3/i1+1,2+1,3+1. The van der Waals surface area contributed by atoms with Crippen molar-refractivity contribution in [2.75, 3.05) is 6.61 Å². The number of aliphatic hydroxyl groups is 2. The van der Waals surface area contributed by atoms with Crippen LogP contribution in [0.3, 0.4) is 0 Å². The van der Waals surface area contributed by atoms with Gasteiger partial charge in [-0.05, 0) is 6.92 Å². The zero-order chi connectivity index (χ0) is 4.28. The Morgan fingerprint density at radius 1 is 1.80 bits per heavy atom. The van der Waals surface area contributed by atoms with Crippen LogP contribution < -0.4 is 0 Å². The quantitative estimate of drug-likeness (QED) is 0.410. The first kappa shape index (κ1) is 4.92. The summed E-state index contributed by atoms with van der Waals surface area (Å²) < 4.78 is 0. The Bertz CT molecular complexity index is 18.9. The van der Waals surface area contributed by atoms with Crippen LogP contribution in [0.2, 0.25) is 0 Å². The van der Waals surface area contributed by atoms with Crippen LogP contribution >= 0.6 is 0 Å². The van der Waals surface area contributed by atoms with Crippen molar-refractivity contribution >= 4 is 0 Å². The molecule has 0 aromatic carbocycles. The summed E-state index contributed by atoms with van der Waals surface area (Å²) in [5.74, 6) is 0. The van der Waals surface area contributed by atoms with Crippen LogP contribution in [-0.4, -0.2) is 22.9 Å². The minimum absolute atomic E-state index is 0.139. The summed E-state index contributed by atoms with van der Waals surface area (Å²) in [6.07, 6.45) is -0.560. The van der Waals surface area contributed by atoms with Gasteiger partial charge >= 0.3 is 0 Å². The van der Waals surface area contributed by atoms with Crippen molar-refractivity contribution in [3.63, 3.8) is 0 Å². The second-order valence-corrected chi connectivity index (χ2v) is 1.03. The Labute approximate surface area is 31.1 Å². The molecular formula is C3H8O2. The molecule has 0 amide bonds. The Kier molecular flexibility index (Phi) is 2.14. The molecule has 0 bridgehead atoms. The van der Waals surface area contributed by atoms with E-state index in [4.69, 9.17) is 10.2 Å². The highest BCUT2D eigenvalue weighted by atomic mass is 16.4. The van der Waals surface area contributed by atoms with Gasteiger partial charge in [0.25, 0.3) is 0 Å². The first-order valence-corrected chi connectivity index (χ1v) is 1.56. The Morgan fingerprint density at radius 2 is 2.00 bits per heavy atom. The first-order chi connectivity index (χ1) is 2.27. The van der Waals surface area contributed by atoms with Crippen LogP contribution in [0.5, 0.6) is 0 Å². The van der Waals surface area contributed by atoms with Crippen molar-refractivity contribution in [1.29, 1.82) is 0 Å². The molecule has 2 nitrogen and oxygen atoms in total. The minimum atomic E-state index is -0.560. The number of rotatable bonds is 1. The van der Waals surface area contributed by atoms with Gasteiger partial charge in [0.15, 0.2) is 0 Å². The van der Waals surface area contributed by atoms with Gasteiger partial charge in [0.2, 0.25) is 0 Å². The predicted octanol–water partition coefficient (Wildman–Crippen LogP) is -0.641. The smallest absolute Gasteiger partial charge is 0.0742 e. The highest BCUT2D eigenvalue weighted by molar-refractivity contribution is 4.33. The van der Waals surface area contributed by atoms with Crippen molar-refractivity contribution in [3.05, 3.63) is 0 Å². The van der Waals surface area contributed by atoms with Gasteiger partial charge in [-0.1, -0.05) is 0 Å². The van der Waals surface area contributed by atoms with Gasteiger partial charge in [-0.3, -0.25) is 0 Å². The lowest BCUT2D eigenvalue weighted by Crippen LogP contribution is -2.03. The lowest BCUT2D eigenvalue weighted by molar-refractivity contribution is 0.110. The molecule has 5 heavy (non-hydrogen) atoms. The molecule has 1 unspecified atom stereocenters. The van der Waals surface area contributed by atoms with Crippen LogP contribution in [0.15, 0.2) is 0 Å². The SMILES string of the molecule is [13CH3][13CH](O)[13CH2]O. The second-order valence-electron chi connectivity index (χ2n) is 1.03. The van der Waals surface area contributed by atoms with E-state index >= 15 is 0 Å². The Balaban J connectivity index is 2.54. The molecule has 0 heterocycles. The van der Waals surface area contributed by atoms with Gasteiger partial charge in [-0.15, -0.1) is 0 Å². The van der Waals surface area contributed by atoms with E-state index < -0.39 is 6.10 Å². The zero-order valence-corrected chi connectivity index (χ0v) is 3.18. The highest BCUT2D eigenvalue weighted by Gasteiger charge is 1.83. The maximum atomic E-state index is 8.11. The summed E-state index contributed by atoms with van der Waals surface area (Å²) >= 11 is 0. The summed E-state index contributed by atoms with van der Waals surface area (Å²) in [5.41, 5.74) is 0. The third-order valence-corrected chi connectivity index (χ3v) is 0.264. The molecule has 0 aliphatic rings. The lowest BCUT2D eigenvalue weighted by atomic mass is 11.4. The van der Waals surface area contributed by atoms with Gasteiger partial charge in [-0.25, -0.2) is 0 Å². The molecule has 0 radical (unpaired) electrons. The third kappa shape index (κ3) is 3.92. The van der Waals surface area contributed by atoms with E-state index in [1.807, 2.05) is 0 Å². The van der Waals surface area contributed by atoms with Crippen LogP contribution in [-0.2, 0) is 0 Å². The average Bonchev–Trinajstić information content (AvgIpc) is 1.38. The zero-order valence-electron chi connectivity index (χ0n) is 3.18. The molecule has 0 fully saturated rings. The molecule has 0 spiro atoms. The number of aliphatic hydroxyl groups excluding tert-OH is 2. The number of hydrogen-bond donors (Lipinski definition) is 2. The van der Waals surface area contributed by atoms with Crippen molar-refractivity contribution in [1.82, 2.24) is 0 Å². The molecule has 0 aliphatic carbocycles. The molecule has 0 saturated heterocycles. The van der Waals surface area contributed by atoms with Crippen molar-refractivity contribution in [2.24, 2.45) is 0 Å². The summed E-state index contributed by atoms with van der Waals surface area (Å²) in [6, 6.07) is 0. The fraction of sp³-hybridized carbons (Fsp3) is 1.00. The molecule has 0 aliphatic heterocycles. The predicted molar refractivity (Wildman–Crippen MR) is 18.8 cm³/mol. The van der Waals surface area contributed by atoms with Crippen molar-refractivity contribution in [3.8, 4) is 0 Å². The van der Waals surface area contributed by atoms with Gasteiger partial charge in [0.05, 0.1) is 12.7 Å². The summed E-state index contributed by atoms with van der Waals surface area (Å²) in [4.78, 5) is 0. The van der Waals surface area contributed by atoms with E-state index in [2.05, 4.69) is 0 Å². The van der Waals surface area contributed by atoms with E-state index in [0.29, 0.717) is 0 Å². The van der Waals surface area contributed by atoms with Crippen LogP contribution in [0.1, 0.15) is 6.92 Å². The minimum Gasteiger partial charge on any atom is -0.394 e. The molecule has 0 aromatic rings. The highest BCUT2D eigenvalue weighted by Crippen LogP contribution is 1.68. The van der Waals surface area contributed by atoms with E-state index in [1.165, 1.54) is 6.92 Å². The number of hydrogen-bond acceptors (Lipinski definition) is 2. The molecular weight excluding hydrogens is 71.0 g/mol. The Hall–Kier alpha value is -0.0800. The maximum absolute atomic E-state index is 8.11. The molecule has 32 valence electrons. The third-order valence-electron chi connectivity index (χ3n) is 0.264. The van der Waals surface area contributed by atoms with Crippen molar-refractivity contribution < 1.29 is 10.2 Å². The van der Waals surface area contributed by atoms with Gasteiger partial charge in [-0.2, -0.15) is 0 Å². The molecule has 0 aromatic heterocycles. The molecule has 2 heteroatoms.